The van der Waals surface area contributed by atoms with Crippen LogP contribution in [0.25, 0.3) is 10.6 Å². The molecule has 2 aromatic heterocycles. The van der Waals surface area contributed by atoms with Gasteiger partial charge in [-0.05, 0) is 37.5 Å². The normalized spacial score (nSPS) is 22.9. The van der Waals surface area contributed by atoms with Gasteiger partial charge in [-0.3, -0.25) is 23.8 Å². The molecule has 2 aliphatic rings. The average molecular weight is 548 g/mol. The number of carbonyl (C=O) groups excluding carboxylic acids is 1. The highest BCUT2D eigenvalue weighted by Gasteiger charge is 2.55. The van der Waals surface area contributed by atoms with Crippen molar-refractivity contribution >= 4 is 24.6 Å². The van der Waals surface area contributed by atoms with Crippen molar-refractivity contribution in [3.8, 4) is 16.3 Å². The molecule has 3 unspecified atom stereocenters. The van der Waals surface area contributed by atoms with Crippen LogP contribution < -0.4 is 10.4 Å². The van der Waals surface area contributed by atoms with Gasteiger partial charge in [0.1, 0.15) is 16.5 Å². The van der Waals surface area contributed by atoms with Crippen LogP contribution >= 0.6 is 18.7 Å². The summed E-state index contributed by atoms with van der Waals surface area (Å²) in [6, 6.07) is 6.00. The van der Waals surface area contributed by atoms with E-state index in [0.29, 0.717) is 30.8 Å². The first-order chi connectivity index (χ1) is 17.5. The lowest BCUT2D eigenvalue weighted by atomic mass is 10.0. The molecule has 1 aliphatic heterocycles. The lowest BCUT2D eigenvalue weighted by Crippen LogP contribution is -2.68. The smallest absolute Gasteiger partial charge is 0.278 e. The van der Waals surface area contributed by atoms with Gasteiger partial charge in [0.15, 0.2) is 16.5 Å². The molecule has 3 heterocycles. The second kappa shape index (κ2) is 9.04. The summed E-state index contributed by atoms with van der Waals surface area (Å²) in [4.78, 5) is 38.5. The molecule has 1 aliphatic carbocycles. The molecule has 1 fully saturated rings. The van der Waals surface area contributed by atoms with Crippen LogP contribution in [0, 0.1) is 5.82 Å². The average Bonchev–Trinajstić information content (AvgIpc) is 3.50. The van der Waals surface area contributed by atoms with Crippen LogP contribution in [0.4, 0.5) is 4.39 Å². The van der Waals surface area contributed by atoms with Crippen LogP contribution in [0.3, 0.4) is 0 Å². The van der Waals surface area contributed by atoms with Gasteiger partial charge in [0.25, 0.3) is 5.91 Å². The van der Waals surface area contributed by atoms with Crippen molar-refractivity contribution in [2.45, 2.75) is 43.9 Å². The fourth-order valence-corrected chi connectivity index (χ4v) is 7.57. The quantitative estimate of drug-likeness (QED) is 0.467. The number of aromatic nitrogens is 3. The highest BCUT2D eigenvalue weighted by Crippen LogP contribution is 2.55. The molecule has 1 amide bonds. The molecule has 1 saturated carbocycles. The van der Waals surface area contributed by atoms with E-state index in [2.05, 4.69) is 10.2 Å². The molecule has 1 aromatic carbocycles. The van der Waals surface area contributed by atoms with E-state index in [1.165, 1.54) is 41.0 Å². The molecule has 3 aromatic rings. The lowest BCUT2D eigenvalue weighted by molar-refractivity contribution is 0.0321. The molecule has 13 heteroatoms. The van der Waals surface area contributed by atoms with Crippen LogP contribution in [-0.4, -0.2) is 67.3 Å². The van der Waals surface area contributed by atoms with Gasteiger partial charge in [-0.15, -0.1) is 10.2 Å². The minimum absolute atomic E-state index is 0.0849. The summed E-state index contributed by atoms with van der Waals surface area (Å²) < 4.78 is 27.2. The summed E-state index contributed by atoms with van der Waals surface area (Å²) in [6.07, 6.45) is 3.09. The SMILES string of the molecule is CCN1C(=O)c2c(O)c(=O)c(-c3nnc(Cc4ccc(F)cc4)s3)cn2N(C)C12CCC(P(C)(=O)O)C2. The Bertz CT molecular complexity index is 1490. The zero-order valence-electron chi connectivity index (χ0n) is 20.6. The van der Waals surface area contributed by atoms with E-state index >= 15 is 0 Å². The van der Waals surface area contributed by atoms with Crippen LogP contribution in [-0.2, 0) is 11.0 Å². The van der Waals surface area contributed by atoms with Crippen LogP contribution in [0.1, 0.15) is 47.2 Å². The van der Waals surface area contributed by atoms with Gasteiger partial charge in [-0.25, -0.2) is 4.39 Å². The number of hydrogen-bond donors (Lipinski definition) is 2. The molecule has 37 heavy (non-hydrogen) atoms. The van der Waals surface area contributed by atoms with Crippen LogP contribution in [0.2, 0.25) is 0 Å². The number of nitrogens with zero attached hydrogens (tertiary/aromatic N) is 5. The largest absolute Gasteiger partial charge is 0.502 e. The number of pyridine rings is 1. The van der Waals surface area contributed by atoms with E-state index in [0.717, 1.165) is 5.56 Å². The molecule has 0 saturated heterocycles. The van der Waals surface area contributed by atoms with Crippen molar-refractivity contribution in [1.82, 2.24) is 19.8 Å². The minimum atomic E-state index is -3.39. The van der Waals surface area contributed by atoms with Gasteiger partial charge in [0.2, 0.25) is 12.8 Å². The molecule has 0 bridgehead atoms. The Morgan fingerprint density at radius 3 is 2.57 bits per heavy atom. The molecule has 1 spiro atoms. The second-order valence-electron chi connectivity index (χ2n) is 9.61. The van der Waals surface area contributed by atoms with Crippen LogP contribution in [0.15, 0.2) is 35.3 Å². The number of rotatable bonds is 5. The van der Waals surface area contributed by atoms with Gasteiger partial charge >= 0.3 is 0 Å². The van der Waals surface area contributed by atoms with Crippen molar-refractivity contribution in [3.05, 3.63) is 62.8 Å². The summed E-state index contributed by atoms with van der Waals surface area (Å²) in [7, 11) is -1.65. The Kier molecular flexibility index (Phi) is 6.24. The summed E-state index contributed by atoms with van der Waals surface area (Å²) in [5, 5.41) is 21.8. The van der Waals surface area contributed by atoms with Crippen molar-refractivity contribution in [2.24, 2.45) is 0 Å². The fraction of sp³-hybridized carbons (Fsp3) is 0.417. The number of aromatic hydroxyl groups is 1. The predicted octanol–water partition coefficient (Wildman–Crippen LogP) is 2.99. The zero-order chi connectivity index (χ0) is 26.7. The predicted molar refractivity (Wildman–Crippen MR) is 137 cm³/mol. The molecule has 196 valence electrons. The standard InChI is InChI=1S/C24H27FN5O5PS/c1-4-29-23(33)19-21(32)20(31)17(22-27-26-18(37-22)11-14-5-7-15(25)8-6-14)13-30(19)28(2)24(29)10-9-16(12-24)36(3,34)35/h5-8,13,16,32H,4,9-12H2,1-3H3,(H,34,35). The van der Waals surface area contributed by atoms with Gasteiger partial charge in [-0.2, -0.15) is 0 Å². The molecule has 2 N–H and O–H groups in total. The molecular formula is C24H27FN5O5PS. The third kappa shape index (κ3) is 4.17. The monoisotopic (exact) mass is 547 g/mol. The highest BCUT2D eigenvalue weighted by molar-refractivity contribution is 7.57. The number of fused-ring (bicyclic) bond motifs is 1. The first-order valence-electron chi connectivity index (χ1n) is 11.9. The summed E-state index contributed by atoms with van der Waals surface area (Å²) in [5.41, 5.74) is -1.33. The molecule has 0 radical (unpaired) electrons. The van der Waals surface area contributed by atoms with E-state index in [9.17, 15) is 28.5 Å². The van der Waals surface area contributed by atoms with Gasteiger partial charge in [0, 0.05) is 45.0 Å². The molecular weight excluding hydrogens is 520 g/mol. The van der Waals surface area contributed by atoms with E-state index < -0.39 is 35.8 Å². The third-order valence-electron chi connectivity index (χ3n) is 7.44. The fourth-order valence-electron chi connectivity index (χ4n) is 5.45. The number of halogens is 1. The highest BCUT2D eigenvalue weighted by atomic mass is 32.1. The first-order valence-corrected chi connectivity index (χ1v) is 14.9. The van der Waals surface area contributed by atoms with Gasteiger partial charge in [-0.1, -0.05) is 23.5 Å². The zero-order valence-corrected chi connectivity index (χ0v) is 22.3. The maximum absolute atomic E-state index is 13.6. The van der Waals surface area contributed by atoms with Crippen molar-refractivity contribution < 1.29 is 23.7 Å². The number of amides is 1. The minimum Gasteiger partial charge on any atom is -0.502 e. The number of hydrogen-bond acceptors (Lipinski definition) is 8. The maximum atomic E-state index is 13.6. The first kappa shape index (κ1) is 25.6. The summed E-state index contributed by atoms with van der Waals surface area (Å²) in [5.74, 6) is -1.54. The van der Waals surface area contributed by atoms with E-state index in [4.69, 9.17) is 0 Å². The molecule has 10 nitrogen and oxygen atoms in total. The van der Waals surface area contributed by atoms with Crippen molar-refractivity contribution in [2.75, 3.05) is 25.3 Å². The maximum Gasteiger partial charge on any atom is 0.278 e. The van der Waals surface area contributed by atoms with Crippen LogP contribution in [0.5, 0.6) is 5.75 Å². The third-order valence-corrected chi connectivity index (χ3v) is 10.2. The Labute approximate surface area is 216 Å². The number of benzene rings is 1. The van der Waals surface area contributed by atoms with E-state index in [1.807, 2.05) is 0 Å². The Morgan fingerprint density at radius 1 is 1.24 bits per heavy atom. The van der Waals surface area contributed by atoms with Gasteiger partial charge < -0.3 is 14.9 Å². The number of carbonyl (C=O) groups is 1. The Hall–Kier alpha value is -3.08. The second-order valence-corrected chi connectivity index (χ2v) is 13.3. The molecule has 3 atom stereocenters. The van der Waals surface area contributed by atoms with Crippen molar-refractivity contribution in [3.63, 3.8) is 0 Å². The Balaban J connectivity index is 1.56. The summed E-state index contributed by atoms with van der Waals surface area (Å²) in [6.45, 7) is 3.44. The summed E-state index contributed by atoms with van der Waals surface area (Å²) >= 11 is 1.17. The van der Waals surface area contributed by atoms with E-state index in [-0.39, 0.29) is 28.5 Å². The topological polar surface area (TPSA) is 129 Å². The molecule has 5 rings (SSSR count). The van der Waals surface area contributed by atoms with Crippen molar-refractivity contribution in [1.29, 1.82) is 0 Å². The Morgan fingerprint density at radius 2 is 1.95 bits per heavy atom. The van der Waals surface area contributed by atoms with Gasteiger partial charge in [0.05, 0.1) is 5.56 Å². The lowest BCUT2D eigenvalue weighted by Gasteiger charge is -2.52. The van der Waals surface area contributed by atoms with E-state index in [1.54, 1.807) is 36.0 Å².